The minimum absolute atomic E-state index is 0.187. The molecule has 6 heteroatoms. The number of nitrogens with zero attached hydrogens (tertiary/aromatic N) is 2. The van der Waals surface area contributed by atoms with Gasteiger partial charge in [-0.05, 0) is 36.2 Å². The van der Waals surface area contributed by atoms with Crippen LogP contribution < -0.4 is 5.32 Å². The number of oxazole rings is 1. The molecule has 0 bridgehead atoms. The molecule has 0 saturated carbocycles. The van der Waals surface area contributed by atoms with Crippen molar-refractivity contribution in [3.8, 4) is 11.3 Å². The Morgan fingerprint density at radius 2 is 2.04 bits per heavy atom. The van der Waals surface area contributed by atoms with E-state index in [1.54, 1.807) is 18.3 Å². The van der Waals surface area contributed by atoms with Gasteiger partial charge in [0.15, 0.2) is 12.2 Å². The topological polar surface area (TPSA) is 75.4 Å². The summed E-state index contributed by atoms with van der Waals surface area (Å²) in [5.41, 5.74) is 3.13. The maximum atomic E-state index is 12.5. The van der Waals surface area contributed by atoms with Crippen LogP contribution in [0.3, 0.4) is 0 Å². The molecule has 6 nitrogen and oxygen atoms in total. The molecule has 0 unspecified atom stereocenters. The molecule has 2 heterocycles. The molecule has 1 aliphatic heterocycles. The first kappa shape index (κ1) is 17.0. The lowest BCUT2D eigenvalue weighted by Gasteiger charge is -2.16. The first-order chi connectivity index (χ1) is 13.2. The highest BCUT2D eigenvalue weighted by molar-refractivity contribution is 6.04. The lowest BCUT2D eigenvalue weighted by molar-refractivity contribution is -0.128. The summed E-state index contributed by atoms with van der Waals surface area (Å²) in [6, 6.07) is 14.8. The Kier molecular flexibility index (Phi) is 4.70. The van der Waals surface area contributed by atoms with Crippen molar-refractivity contribution in [2.24, 2.45) is 0 Å². The zero-order chi connectivity index (χ0) is 18.6. The molecule has 2 amide bonds. The predicted octanol–water partition coefficient (Wildman–Crippen LogP) is 3.72. The van der Waals surface area contributed by atoms with Crippen LogP contribution in [0.4, 0.5) is 5.69 Å². The van der Waals surface area contributed by atoms with Crippen LogP contribution in [-0.2, 0) is 11.3 Å². The van der Waals surface area contributed by atoms with E-state index >= 15 is 0 Å². The Morgan fingerprint density at radius 3 is 2.74 bits per heavy atom. The van der Waals surface area contributed by atoms with Crippen LogP contribution in [-0.4, -0.2) is 28.2 Å². The molecule has 0 spiro atoms. The number of rotatable bonds is 5. The van der Waals surface area contributed by atoms with Crippen LogP contribution >= 0.6 is 0 Å². The summed E-state index contributed by atoms with van der Waals surface area (Å²) in [7, 11) is 0. The van der Waals surface area contributed by atoms with Crippen LogP contribution in [0.5, 0.6) is 0 Å². The molecular formula is C21H19N3O3. The van der Waals surface area contributed by atoms with Gasteiger partial charge in [0.2, 0.25) is 5.91 Å². The highest BCUT2D eigenvalue weighted by atomic mass is 16.3. The van der Waals surface area contributed by atoms with E-state index in [1.807, 2.05) is 41.3 Å². The summed E-state index contributed by atoms with van der Waals surface area (Å²) < 4.78 is 5.25. The zero-order valence-electron chi connectivity index (χ0n) is 14.7. The van der Waals surface area contributed by atoms with Crippen molar-refractivity contribution in [1.29, 1.82) is 0 Å². The number of hydrogen-bond acceptors (Lipinski definition) is 4. The normalized spacial score (nSPS) is 13.8. The Labute approximate surface area is 156 Å². The van der Waals surface area contributed by atoms with Gasteiger partial charge >= 0.3 is 0 Å². The molecular weight excluding hydrogens is 342 g/mol. The second-order valence-corrected chi connectivity index (χ2v) is 6.52. The molecule has 4 rings (SSSR count). The standard InChI is InChI=1S/C21H19N3O3/c25-20-5-2-10-24(20)13-15-3-1-4-18(11-15)23-21(26)17-8-6-16(7-9-17)19-12-22-14-27-19/h1,3-4,6-9,11-12,14H,2,5,10,13H2,(H,23,26). The number of hydrogen-bond donors (Lipinski definition) is 1. The molecule has 0 atom stereocenters. The monoisotopic (exact) mass is 361 g/mol. The Morgan fingerprint density at radius 1 is 1.19 bits per heavy atom. The molecule has 0 aliphatic carbocycles. The van der Waals surface area contributed by atoms with Gasteiger partial charge < -0.3 is 14.6 Å². The second kappa shape index (κ2) is 7.45. The van der Waals surface area contributed by atoms with E-state index in [0.29, 0.717) is 30.0 Å². The van der Waals surface area contributed by atoms with Crippen molar-refractivity contribution in [3.05, 3.63) is 72.2 Å². The third-order valence-electron chi connectivity index (χ3n) is 4.59. The van der Waals surface area contributed by atoms with Crippen molar-refractivity contribution >= 4 is 17.5 Å². The molecule has 0 radical (unpaired) electrons. The van der Waals surface area contributed by atoms with Crippen molar-refractivity contribution < 1.29 is 14.0 Å². The van der Waals surface area contributed by atoms with Gasteiger partial charge in [-0.15, -0.1) is 0 Å². The molecule has 1 fully saturated rings. The lowest BCUT2D eigenvalue weighted by atomic mass is 10.1. The largest absolute Gasteiger partial charge is 0.444 e. The van der Waals surface area contributed by atoms with Crippen molar-refractivity contribution in [3.63, 3.8) is 0 Å². The number of anilines is 1. The van der Waals surface area contributed by atoms with E-state index in [-0.39, 0.29) is 11.8 Å². The fraction of sp³-hybridized carbons (Fsp3) is 0.190. The highest BCUT2D eigenvalue weighted by Crippen LogP contribution is 2.20. The molecule has 1 aliphatic rings. The summed E-state index contributed by atoms with van der Waals surface area (Å²) >= 11 is 0. The van der Waals surface area contributed by atoms with E-state index < -0.39 is 0 Å². The fourth-order valence-corrected chi connectivity index (χ4v) is 3.19. The number of carbonyl (C=O) groups excluding carboxylic acids is 2. The molecule has 1 aromatic heterocycles. The van der Waals surface area contributed by atoms with E-state index in [4.69, 9.17) is 4.42 Å². The van der Waals surface area contributed by atoms with Gasteiger partial charge in [-0.25, -0.2) is 4.98 Å². The third-order valence-corrected chi connectivity index (χ3v) is 4.59. The molecule has 1 N–H and O–H groups in total. The van der Waals surface area contributed by atoms with Crippen LogP contribution in [0.2, 0.25) is 0 Å². The Hall–Kier alpha value is -3.41. The van der Waals surface area contributed by atoms with Crippen molar-refractivity contribution in [1.82, 2.24) is 9.88 Å². The molecule has 1 saturated heterocycles. The minimum atomic E-state index is -0.187. The first-order valence-electron chi connectivity index (χ1n) is 8.86. The lowest BCUT2D eigenvalue weighted by Crippen LogP contribution is -2.23. The maximum absolute atomic E-state index is 12.5. The second-order valence-electron chi connectivity index (χ2n) is 6.52. The van der Waals surface area contributed by atoms with Crippen LogP contribution in [0, 0.1) is 0 Å². The average molecular weight is 361 g/mol. The van der Waals surface area contributed by atoms with Gasteiger partial charge in [0.1, 0.15) is 0 Å². The predicted molar refractivity (Wildman–Crippen MR) is 101 cm³/mol. The minimum Gasteiger partial charge on any atom is -0.444 e. The van der Waals surface area contributed by atoms with Gasteiger partial charge in [-0.1, -0.05) is 24.3 Å². The molecule has 27 heavy (non-hydrogen) atoms. The van der Waals surface area contributed by atoms with Crippen molar-refractivity contribution in [2.45, 2.75) is 19.4 Å². The van der Waals surface area contributed by atoms with Gasteiger partial charge in [0.25, 0.3) is 5.91 Å². The summed E-state index contributed by atoms with van der Waals surface area (Å²) in [5.74, 6) is 0.663. The molecule has 2 aromatic carbocycles. The Bertz CT molecular complexity index is 949. The van der Waals surface area contributed by atoms with Crippen LogP contribution in [0.15, 0.2) is 65.5 Å². The van der Waals surface area contributed by atoms with E-state index in [9.17, 15) is 9.59 Å². The van der Waals surface area contributed by atoms with Gasteiger partial charge in [0, 0.05) is 36.3 Å². The fourth-order valence-electron chi connectivity index (χ4n) is 3.19. The quantitative estimate of drug-likeness (QED) is 0.751. The number of aromatic nitrogens is 1. The van der Waals surface area contributed by atoms with Gasteiger partial charge in [-0.2, -0.15) is 0 Å². The highest BCUT2D eigenvalue weighted by Gasteiger charge is 2.20. The molecule has 136 valence electrons. The Balaban J connectivity index is 1.43. The maximum Gasteiger partial charge on any atom is 0.255 e. The van der Waals surface area contributed by atoms with E-state index in [1.165, 1.54) is 6.39 Å². The third kappa shape index (κ3) is 3.89. The van der Waals surface area contributed by atoms with Crippen LogP contribution in [0.25, 0.3) is 11.3 Å². The summed E-state index contributed by atoms with van der Waals surface area (Å²) in [6.07, 6.45) is 4.55. The number of amides is 2. The first-order valence-corrected chi connectivity index (χ1v) is 8.86. The number of likely N-dealkylation sites (tertiary alicyclic amines) is 1. The summed E-state index contributed by atoms with van der Waals surface area (Å²) in [4.78, 5) is 30.0. The zero-order valence-corrected chi connectivity index (χ0v) is 14.7. The summed E-state index contributed by atoms with van der Waals surface area (Å²) in [5, 5.41) is 2.91. The van der Waals surface area contributed by atoms with Crippen LogP contribution in [0.1, 0.15) is 28.8 Å². The molecule has 3 aromatic rings. The summed E-state index contributed by atoms with van der Waals surface area (Å²) in [6.45, 7) is 1.38. The van der Waals surface area contributed by atoms with E-state index in [2.05, 4.69) is 10.3 Å². The SMILES string of the molecule is O=C(Nc1cccc(CN2CCCC2=O)c1)c1ccc(-c2cnco2)cc1. The van der Waals surface area contributed by atoms with Gasteiger partial charge in [0.05, 0.1) is 6.20 Å². The number of nitrogens with one attached hydrogen (secondary N) is 1. The smallest absolute Gasteiger partial charge is 0.255 e. The van der Waals surface area contributed by atoms with Gasteiger partial charge in [-0.3, -0.25) is 9.59 Å². The van der Waals surface area contributed by atoms with E-state index in [0.717, 1.165) is 24.1 Å². The number of benzene rings is 2. The van der Waals surface area contributed by atoms with Crippen molar-refractivity contribution in [2.75, 3.05) is 11.9 Å². The average Bonchev–Trinajstić information content (AvgIpc) is 3.35. The number of carbonyl (C=O) groups is 2.